The Hall–Kier alpha value is -0.570. The molecule has 0 aromatic rings. The molecule has 0 radical (unpaired) electrons. The summed E-state index contributed by atoms with van der Waals surface area (Å²) in [6.45, 7) is 8.42. The van der Waals surface area contributed by atoms with Crippen molar-refractivity contribution in [1.82, 2.24) is 5.32 Å². The first-order valence-electron chi connectivity index (χ1n) is 4.49. The van der Waals surface area contributed by atoms with Crippen LogP contribution in [-0.4, -0.2) is 18.5 Å². The largest absolute Gasteiger partial charge is 0.352 e. The Bertz CT molecular complexity index is 145. The average Bonchev–Trinajstić information content (AvgIpc) is 2.02. The second-order valence-corrected chi connectivity index (χ2v) is 3.68. The first-order chi connectivity index (χ1) is 5.49. The van der Waals surface area contributed by atoms with Crippen molar-refractivity contribution in [3.8, 4) is 0 Å². The van der Waals surface area contributed by atoms with Gasteiger partial charge in [0.2, 0.25) is 5.91 Å². The van der Waals surface area contributed by atoms with Crippen molar-refractivity contribution in [2.75, 3.05) is 6.54 Å². The lowest BCUT2D eigenvalue weighted by Gasteiger charge is -2.18. The monoisotopic (exact) mass is 172 g/mol. The second-order valence-electron chi connectivity index (χ2n) is 3.68. The minimum Gasteiger partial charge on any atom is -0.352 e. The molecule has 0 saturated carbocycles. The molecule has 0 fully saturated rings. The summed E-state index contributed by atoms with van der Waals surface area (Å²) in [6, 6.07) is 0.0821. The first kappa shape index (κ1) is 11.4. The molecular weight excluding hydrogens is 152 g/mol. The predicted octanol–water partition coefficient (Wildman–Crippen LogP) is 0.742. The third-order valence-corrected chi connectivity index (χ3v) is 2.16. The smallest absolute Gasteiger partial charge is 0.223 e. The molecule has 3 nitrogen and oxygen atoms in total. The van der Waals surface area contributed by atoms with E-state index in [4.69, 9.17) is 5.73 Å². The summed E-state index contributed by atoms with van der Waals surface area (Å²) in [6.07, 6.45) is 0. The SMILES string of the molecule is CC(CN)NC(=O)C(C)C(C)C. The number of hydrogen-bond donors (Lipinski definition) is 2. The molecule has 0 aliphatic rings. The van der Waals surface area contributed by atoms with Crippen molar-refractivity contribution in [1.29, 1.82) is 0 Å². The molecule has 3 heteroatoms. The van der Waals surface area contributed by atoms with Gasteiger partial charge in [-0.25, -0.2) is 0 Å². The van der Waals surface area contributed by atoms with E-state index in [2.05, 4.69) is 5.32 Å². The lowest BCUT2D eigenvalue weighted by atomic mass is 9.97. The highest BCUT2D eigenvalue weighted by molar-refractivity contribution is 5.78. The van der Waals surface area contributed by atoms with Gasteiger partial charge in [-0.05, 0) is 12.8 Å². The maximum atomic E-state index is 11.4. The van der Waals surface area contributed by atoms with Gasteiger partial charge in [0.15, 0.2) is 0 Å². The quantitative estimate of drug-likeness (QED) is 0.657. The van der Waals surface area contributed by atoms with Gasteiger partial charge < -0.3 is 11.1 Å². The van der Waals surface area contributed by atoms with Crippen LogP contribution in [0.5, 0.6) is 0 Å². The first-order valence-corrected chi connectivity index (χ1v) is 4.49. The number of nitrogens with two attached hydrogens (primary N) is 1. The van der Waals surface area contributed by atoms with Gasteiger partial charge >= 0.3 is 0 Å². The van der Waals surface area contributed by atoms with Gasteiger partial charge in [0.05, 0.1) is 0 Å². The average molecular weight is 172 g/mol. The fourth-order valence-corrected chi connectivity index (χ4v) is 0.736. The highest BCUT2D eigenvalue weighted by Gasteiger charge is 2.17. The molecule has 12 heavy (non-hydrogen) atoms. The summed E-state index contributed by atoms with van der Waals surface area (Å²) >= 11 is 0. The lowest BCUT2D eigenvalue weighted by Crippen LogP contribution is -2.41. The van der Waals surface area contributed by atoms with Crippen LogP contribution in [0.4, 0.5) is 0 Å². The molecule has 0 saturated heterocycles. The van der Waals surface area contributed by atoms with Crippen LogP contribution < -0.4 is 11.1 Å². The molecule has 3 N–H and O–H groups in total. The van der Waals surface area contributed by atoms with Crippen molar-refractivity contribution >= 4 is 5.91 Å². The number of carbonyl (C=O) groups excluding carboxylic acids is 1. The maximum absolute atomic E-state index is 11.4. The summed E-state index contributed by atoms with van der Waals surface area (Å²) < 4.78 is 0. The van der Waals surface area contributed by atoms with Crippen molar-refractivity contribution in [2.45, 2.75) is 33.7 Å². The van der Waals surface area contributed by atoms with Crippen LogP contribution in [0.1, 0.15) is 27.7 Å². The van der Waals surface area contributed by atoms with Gasteiger partial charge in [-0.1, -0.05) is 20.8 Å². The Kier molecular flexibility index (Phi) is 4.90. The summed E-state index contributed by atoms with van der Waals surface area (Å²) in [5.41, 5.74) is 5.38. The molecule has 1 amide bonds. The molecular formula is C9H20N2O. The summed E-state index contributed by atoms with van der Waals surface area (Å²) in [5, 5.41) is 2.85. The minimum absolute atomic E-state index is 0.0685. The van der Waals surface area contributed by atoms with Gasteiger partial charge in [-0.3, -0.25) is 4.79 Å². The molecule has 2 atom stereocenters. The van der Waals surface area contributed by atoms with E-state index in [1.165, 1.54) is 0 Å². The molecule has 72 valence electrons. The van der Waals surface area contributed by atoms with Crippen molar-refractivity contribution < 1.29 is 4.79 Å². The van der Waals surface area contributed by atoms with E-state index >= 15 is 0 Å². The highest BCUT2D eigenvalue weighted by Crippen LogP contribution is 2.09. The van der Waals surface area contributed by atoms with E-state index in [1.807, 2.05) is 27.7 Å². The molecule has 0 aromatic carbocycles. The summed E-state index contributed by atoms with van der Waals surface area (Å²) in [4.78, 5) is 11.4. The molecule has 0 aliphatic carbocycles. The van der Waals surface area contributed by atoms with E-state index in [9.17, 15) is 4.79 Å². The molecule has 0 rings (SSSR count). The second kappa shape index (κ2) is 5.14. The zero-order valence-electron chi connectivity index (χ0n) is 8.42. The zero-order valence-corrected chi connectivity index (χ0v) is 8.42. The van der Waals surface area contributed by atoms with Gasteiger partial charge in [0.1, 0.15) is 0 Å². The third kappa shape index (κ3) is 3.72. The predicted molar refractivity (Wildman–Crippen MR) is 50.7 cm³/mol. The highest BCUT2D eigenvalue weighted by atomic mass is 16.1. The number of carbonyl (C=O) groups is 1. The minimum atomic E-state index is 0.0685. The molecule has 0 heterocycles. The van der Waals surface area contributed by atoms with Gasteiger partial charge in [0.25, 0.3) is 0 Å². The van der Waals surface area contributed by atoms with E-state index in [0.717, 1.165) is 0 Å². The van der Waals surface area contributed by atoms with E-state index in [-0.39, 0.29) is 17.9 Å². The standard InChI is InChI=1S/C9H20N2O/c1-6(2)8(4)9(12)11-7(3)5-10/h6-8H,5,10H2,1-4H3,(H,11,12). The third-order valence-electron chi connectivity index (χ3n) is 2.16. The van der Waals surface area contributed by atoms with Crippen LogP contribution >= 0.6 is 0 Å². The van der Waals surface area contributed by atoms with Crippen molar-refractivity contribution in [2.24, 2.45) is 17.6 Å². The number of nitrogens with one attached hydrogen (secondary N) is 1. The van der Waals surface area contributed by atoms with E-state index < -0.39 is 0 Å². The van der Waals surface area contributed by atoms with Crippen LogP contribution in [0, 0.1) is 11.8 Å². The Morgan fingerprint density at radius 2 is 1.83 bits per heavy atom. The lowest BCUT2D eigenvalue weighted by molar-refractivity contribution is -0.126. The van der Waals surface area contributed by atoms with Crippen LogP contribution in [0.25, 0.3) is 0 Å². The summed E-state index contributed by atoms with van der Waals surface area (Å²) in [7, 11) is 0. The molecule has 0 bridgehead atoms. The van der Waals surface area contributed by atoms with Crippen LogP contribution in [0.15, 0.2) is 0 Å². The zero-order chi connectivity index (χ0) is 9.72. The van der Waals surface area contributed by atoms with Crippen molar-refractivity contribution in [3.05, 3.63) is 0 Å². The Labute approximate surface area is 74.7 Å². The molecule has 0 spiro atoms. The van der Waals surface area contributed by atoms with Crippen LogP contribution in [0.3, 0.4) is 0 Å². The summed E-state index contributed by atoms with van der Waals surface area (Å²) in [5.74, 6) is 0.553. The molecule has 0 aromatic heterocycles. The fourth-order valence-electron chi connectivity index (χ4n) is 0.736. The Morgan fingerprint density at radius 1 is 1.33 bits per heavy atom. The van der Waals surface area contributed by atoms with Crippen LogP contribution in [0.2, 0.25) is 0 Å². The van der Waals surface area contributed by atoms with Crippen molar-refractivity contribution in [3.63, 3.8) is 0 Å². The van der Waals surface area contributed by atoms with Crippen LogP contribution in [-0.2, 0) is 4.79 Å². The van der Waals surface area contributed by atoms with Gasteiger partial charge in [0, 0.05) is 18.5 Å². The number of amides is 1. The maximum Gasteiger partial charge on any atom is 0.223 e. The van der Waals surface area contributed by atoms with Gasteiger partial charge in [-0.15, -0.1) is 0 Å². The van der Waals surface area contributed by atoms with E-state index in [0.29, 0.717) is 12.5 Å². The molecule has 0 aliphatic heterocycles. The fraction of sp³-hybridized carbons (Fsp3) is 0.889. The normalized spacial score (nSPS) is 15.8. The van der Waals surface area contributed by atoms with E-state index in [1.54, 1.807) is 0 Å². The Balaban J connectivity index is 3.87. The molecule has 2 unspecified atom stereocenters. The Morgan fingerprint density at radius 3 is 2.17 bits per heavy atom. The topological polar surface area (TPSA) is 55.1 Å². The number of hydrogen-bond acceptors (Lipinski definition) is 2. The number of rotatable bonds is 4. The van der Waals surface area contributed by atoms with Gasteiger partial charge in [-0.2, -0.15) is 0 Å².